The van der Waals surface area contributed by atoms with E-state index >= 15 is 0 Å². The summed E-state index contributed by atoms with van der Waals surface area (Å²) in [6, 6.07) is 0. The molecule has 0 amide bonds. The number of rotatable bonds is 6. The summed E-state index contributed by atoms with van der Waals surface area (Å²) in [5.74, 6) is 2.84. The molecule has 6 fully saturated rings. The van der Waals surface area contributed by atoms with Crippen LogP contribution >= 0.6 is 15.9 Å². The summed E-state index contributed by atoms with van der Waals surface area (Å²) < 4.78 is 13.6. The van der Waals surface area contributed by atoms with Crippen molar-refractivity contribution in [2.75, 3.05) is 0 Å². The second-order valence-electron chi connectivity index (χ2n) is 11.3. The van der Waals surface area contributed by atoms with Gasteiger partial charge in [0.25, 0.3) is 0 Å². The Morgan fingerprint density at radius 3 is 1.42 bits per heavy atom. The fourth-order valence-electron chi connectivity index (χ4n) is 8.31. The van der Waals surface area contributed by atoms with Crippen molar-refractivity contribution in [3.8, 4) is 0 Å². The summed E-state index contributed by atoms with van der Waals surface area (Å²) in [4.78, 5) is 0. The van der Waals surface area contributed by atoms with Gasteiger partial charge in [-0.3, -0.25) is 0 Å². The predicted molar refractivity (Wildman–Crippen MR) is 106 cm³/mol. The van der Waals surface area contributed by atoms with Gasteiger partial charge in [-0.1, -0.05) is 0 Å². The smallest absolute Gasteiger partial charge is 0.227 e. The molecule has 6 bridgehead atoms. The van der Waals surface area contributed by atoms with Crippen LogP contribution in [-0.2, 0) is 9.47 Å². The Morgan fingerprint density at radius 1 is 0.654 bits per heavy atom. The highest BCUT2D eigenvalue weighted by atomic mass is 79.9. The van der Waals surface area contributed by atoms with Crippen molar-refractivity contribution in [2.24, 2.45) is 23.2 Å². The molecular weight excluding hydrogens is 388 g/mol. The maximum atomic E-state index is 7.09. The van der Waals surface area contributed by atoms with Crippen molar-refractivity contribution in [3.63, 3.8) is 0 Å². The highest BCUT2D eigenvalue weighted by molar-refractivity contribution is 9.10. The standard InChI is InChI=1S/C23H35BrO2/c24-23(16-20-7-1-17(13-20)2-8-20,25-21-9-3-18(14-21)4-10-21)26-22-11-5-19(15-22)6-12-22/h17-19H,1-16H2. The highest BCUT2D eigenvalue weighted by Crippen LogP contribution is 2.62. The predicted octanol–water partition coefficient (Wildman–Crippen LogP) is 6.70. The van der Waals surface area contributed by atoms with E-state index in [9.17, 15) is 0 Å². The Balaban J connectivity index is 1.27. The summed E-state index contributed by atoms with van der Waals surface area (Å²) >= 11 is 4.15. The van der Waals surface area contributed by atoms with Crippen LogP contribution in [0.1, 0.15) is 103 Å². The minimum Gasteiger partial charge on any atom is -0.334 e. The number of hydrogen-bond acceptors (Lipinski definition) is 2. The molecule has 0 aromatic rings. The van der Waals surface area contributed by atoms with Gasteiger partial charge in [0.2, 0.25) is 4.70 Å². The summed E-state index contributed by atoms with van der Waals surface area (Å²) in [7, 11) is 0. The molecule has 26 heavy (non-hydrogen) atoms. The number of alkyl halides is 1. The Labute approximate surface area is 167 Å². The molecule has 0 saturated heterocycles. The Bertz CT molecular complexity index is 484. The molecule has 0 aromatic heterocycles. The second kappa shape index (κ2) is 5.72. The molecule has 6 rings (SSSR count). The average molecular weight is 423 g/mol. The first-order valence-corrected chi connectivity index (χ1v) is 12.4. The van der Waals surface area contributed by atoms with Gasteiger partial charge >= 0.3 is 0 Å². The molecule has 146 valence electrons. The number of fused-ring (bicyclic) bond motifs is 6. The Morgan fingerprint density at radius 2 is 1.08 bits per heavy atom. The lowest BCUT2D eigenvalue weighted by Crippen LogP contribution is -2.48. The van der Waals surface area contributed by atoms with E-state index in [1.54, 1.807) is 0 Å². The van der Waals surface area contributed by atoms with Gasteiger partial charge in [0.15, 0.2) is 0 Å². The second-order valence-corrected chi connectivity index (χ2v) is 12.6. The number of halogens is 1. The molecule has 6 saturated carbocycles. The van der Waals surface area contributed by atoms with E-state index in [0.717, 1.165) is 24.2 Å². The fraction of sp³-hybridized carbons (Fsp3) is 1.00. The van der Waals surface area contributed by atoms with Crippen LogP contribution in [0.3, 0.4) is 0 Å². The Kier molecular flexibility index (Phi) is 3.80. The minimum absolute atomic E-state index is 0.120. The van der Waals surface area contributed by atoms with Crippen LogP contribution in [0.25, 0.3) is 0 Å². The molecule has 0 unspecified atom stereocenters. The van der Waals surface area contributed by atoms with Crippen LogP contribution in [-0.4, -0.2) is 15.9 Å². The van der Waals surface area contributed by atoms with Crippen molar-refractivity contribution in [1.82, 2.24) is 0 Å². The summed E-state index contributed by atoms with van der Waals surface area (Å²) in [5, 5.41) is 0. The van der Waals surface area contributed by atoms with Crippen LogP contribution < -0.4 is 0 Å². The molecule has 0 aromatic carbocycles. The van der Waals surface area contributed by atoms with E-state index in [2.05, 4.69) is 15.9 Å². The van der Waals surface area contributed by atoms with Crippen molar-refractivity contribution < 1.29 is 9.47 Å². The van der Waals surface area contributed by atoms with Crippen LogP contribution in [0, 0.1) is 23.2 Å². The quantitative estimate of drug-likeness (QED) is 0.349. The fourth-order valence-corrected chi connectivity index (χ4v) is 9.59. The van der Waals surface area contributed by atoms with Gasteiger partial charge in [0.05, 0.1) is 11.2 Å². The van der Waals surface area contributed by atoms with Gasteiger partial charge in [0, 0.05) is 6.42 Å². The maximum Gasteiger partial charge on any atom is 0.227 e. The highest BCUT2D eigenvalue weighted by Gasteiger charge is 2.58. The molecular formula is C23H35BrO2. The SMILES string of the molecule is BrC(CC12CCC(CC1)C2)(OC12CCC(CC1)C2)OC12CCC(CC1)C2. The topological polar surface area (TPSA) is 18.5 Å². The monoisotopic (exact) mass is 422 g/mol. The molecule has 0 spiro atoms. The lowest BCUT2D eigenvalue weighted by Gasteiger charge is -2.46. The molecule has 6 aliphatic carbocycles. The zero-order valence-electron chi connectivity index (χ0n) is 16.2. The van der Waals surface area contributed by atoms with Crippen molar-refractivity contribution in [1.29, 1.82) is 0 Å². The van der Waals surface area contributed by atoms with E-state index in [1.807, 2.05) is 0 Å². The van der Waals surface area contributed by atoms with E-state index < -0.39 is 4.70 Å². The van der Waals surface area contributed by atoms with Crippen molar-refractivity contribution >= 4 is 15.9 Å². The van der Waals surface area contributed by atoms with E-state index in [4.69, 9.17) is 9.47 Å². The van der Waals surface area contributed by atoms with Gasteiger partial charge in [0.1, 0.15) is 0 Å². The average Bonchev–Trinajstić information content (AvgIpc) is 3.41. The van der Waals surface area contributed by atoms with Crippen molar-refractivity contribution in [3.05, 3.63) is 0 Å². The van der Waals surface area contributed by atoms with Gasteiger partial charge < -0.3 is 9.47 Å². The number of hydrogen-bond donors (Lipinski definition) is 0. The van der Waals surface area contributed by atoms with E-state index in [1.165, 1.54) is 96.3 Å². The number of ether oxygens (including phenoxy) is 2. The third-order valence-corrected chi connectivity index (χ3v) is 10.2. The molecule has 2 nitrogen and oxygen atoms in total. The first-order valence-electron chi connectivity index (χ1n) is 11.6. The third-order valence-electron chi connectivity index (χ3n) is 9.57. The van der Waals surface area contributed by atoms with Gasteiger partial charge in [-0.05, 0) is 135 Å². The van der Waals surface area contributed by atoms with E-state index in [0.29, 0.717) is 5.41 Å². The lowest BCUT2D eigenvalue weighted by molar-refractivity contribution is -0.281. The molecule has 0 radical (unpaired) electrons. The summed E-state index contributed by atoms with van der Waals surface area (Å²) in [6.07, 6.45) is 21.4. The molecule has 0 atom stereocenters. The lowest BCUT2D eigenvalue weighted by atomic mass is 9.80. The first kappa shape index (κ1) is 17.3. The molecule has 0 heterocycles. The maximum absolute atomic E-state index is 7.09. The molecule has 6 aliphatic rings. The van der Waals surface area contributed by atoms with Crippen LogP contribution in [0.5, 0.6) is 0 Å². The normalized spacial score (nSPS) is 53.7. The zero-order valence-corrected chi connectivity index (χ0v) is 17.8. The summed E-state index contributed by atoms with van der Waals surface area (Å²) in [5.41, 5.74) is 0.734. The van der Waals surface area contributed by atoms with Gasteiger partial charge in [-0.15, -0.1) is 0 Å². The van der Waals surface area contributed by atoms with Crippen LogP contribution in [0.2, 0.25) is 0 Å². The van der Waals surface area contributed by atoms with Gasteiger partial charge in [-0.25, -0.2) is 0 Å². The minimum atomic E-state index is -0.523. The largest absolute Gasteiger partial charge is 0.334 e. The van der Waals surface area contributed by atoms with Gasteiger partial charge in [-0.2, -0.15) is 0 Å². The van der Waals surface area contributed by atoms with Crippen LogP contribution in [0.15, 0.2) is 0 Å². The summed E-state index contributed by atoms with van der Waals surface area (Å²) in [6.45, 7) is 0. The van der Waals surface area contributed by atoms with E-state index in [-0.39, 0.29) is 11.2 Å². The Hall–Kier alpha value is 0.400. The first-order chi connectivity index (χ1) is 12.5. The molecule has 0 aliphatic heterocycles. The van der Waals surface area contributed by atoms with Crippen molar-refractivity contribution in [2.45, 2.75) is 119 Å². The molecule has 3 heteroatoms. The third kappa shape index (κ3) is 2.77. The molecule has 0 N–H and O–H groups in total. The zero-order chi connectivity index (χ0) is 17.5. The van der Waals surface area contributed by atoms with Crippen LogP contribution in [0.4, 0.5) is 0 Å².